The van der Waals surface area contributed by atoms with Crippen LogP contribution in [-0.2, 0) is 0 Å². The molecule has 0 aliphatic heterocycles. The molecule has 0 atom stereocenters. The highest BCUT2D eigenvalue weighted by molar-refractivity contribution is 5.90. The molecule has 0 bridgehead atoms. The number of carbonyl (C=O) groups is 1. The Balaban J connectivity index is 2.75. The van der Waals surface area contributed by atoms with Crippen LogP contribution in [0, 0.1) is 27.6 Å². The molecular weight excluding hydrogens is 291 g/mol. The molecule has 0 saturated heterocycles. The number of halogens is 3. The molecule has 0 aliphatic rings. The summed E-state index contributed by atoms with van der Waals surface area (Å²) >= 11 is 0. The van der Waals surface area contributed by atoms with Crippen molar-refractivity contribution < 1.29 is 28.0 Å². The average Bonchev–Trinajstić information content (AvgIpc) is 2.36. The third kappa shape index (κ3) is 2.83. The molecule has 108 valence electrons. The van der Waals surface area contributed by atoms with Crippen LogP contribution in [0.2, 0.25) is 0 Å². The molecule has 0 aromatic heterocycles. The van der Waals surface area contributed by atoms with E-state index in [-0.39, 0.29) is 5.56 Å². The van der Waals surface area contributed by atoms with Gasteiger partial charge >= 0.3 is 5.97 Å². The zero-order valence-electron chi connectivity index (χ0n) is 10.1. The summed E-state index contributed by atoms with van der Waals surface area (Å²) in [5.41, 5.74) is -2.26. The number of aromatic carboxylic acids is 1. The van der Waals surface area contributed by atoms with Crippen LogP contribution in [0.1, 0.15) is 10.4 Å². The molecule has 2 rings (SSSR count). The third-order valence-corrected chi connectivity index (χ3v) is 2.67. The first kappa shape index (κ1) is 14.5. The van der Waals surface area contributed by atoms with Gasteiger partial charge in [0.05, 0.1) is 16.1 Å². The minimum Gasteiger partial charge on any atom is -0.478 e. The van der Waals surface area contributed by atoms with Crippen LogP contribution >= 0.6 is 0 Å². The van der Waals surface area contributed by atoms with E-state index in [1.54, 1.807) is 0 Å². The summed E-state index contributed by atoms with van der Waals surface area (Å²) in [6.07, 6.45) is 0. The molecule has 21 heavy (non-hydrogen) atoms. The maximum absolute atomic E-state index is 13.7. The van der Waals surface area contributed by atoms with Crippen LogP contribution in [-0.4, -0.2) is 16.0 Å². The fourth-order valence-electron chi connectivity index (χ4n) is 1.80. The molecule has 0 heterocycles. The fraction of sp³-hybridized carbons (Fsp3) is 0. The summed E-state index contributed by atoms with van der Waals surface area (Å²) in [6.45, 7) is 0. The highest BCUT2D eigenvalue weighted by atomic mass is 19.1. The Morgan fingerprint density at radius 3 is 2.10 bits per heavy atom. The number of nitro benzene ring substituents is 1. The number of carboxylic acids is 1. The van der Waals surface area contributed by atoms with Crippen molar-refractivity contribution in [3.63, 3.8) is 0 Å². The van der Waals surface area contributed by atoms with Crippen molar-refractivity contribution in [3.8, 4) is 11.1 Å². The number of non-ortho nitro benzene ring substituents is 1. The summed E-state index contributed by atoms with van der Waals surface area (Å²) < 4.78 is 40.2. The zero-order chi connectivity index (χ0) is 15.7. The van der Waals surface area contributed by atoms with E-state index in [9.17, 15) is 28.1 Å². The summed E-state index contributed by atoms with van der Waals surface area (Å²) in [4.78, 5) is 20.8. The van der Waals surface area contributed by atoms with Gasteiger partial charge in [-0.25, -0.2) is 18.0 Å². The lowest BCUT2D eigenvalue weighted by atomic mass is 10.0. The van der Waals surface area contributed by atoms with E-state index in [4.69, 9.17) is 5.11 Å². The molecule has 2 aromatic carbocycles. The molecule has 0 saturated carbocycles. The van der Waals surface area contributed by atoms with Crippen LogP contribution in [0.25, 0.3) is 11.1 Å². The van der Waals surface area contributed by atoms with Gasteiger partial charge in [-0.2, -0.15) is 0 Å². The topological polar surface area (TPSA) is 80.4 Å². The average molecular weight is 297 g/mol. The number of hydrogen-bond acceptors (Lipinski definition) is 3. The predicted molar refractivity (Wildman–Crippen MR) is 65.4 cm³/mol. The van der Waals surface area contributed by atoms with Gasteiger partial charge in [-0.05, 0) is 11.6 Å². The van der Waals surface area contributed by atoms with Crippen molar-refractivity contribution in [3.05, 3.63) is 63.5 Å². The zero-order valence-corrected chi connectivity index (χ0v) is 10.1. The molecule has 0 fully saturated rings. The van der Waals surface area contributed by atoms with E-state index in [1.807, 2.05) is 0 Å². The summed E-state index contributed by atoms with van der Waals surface area (Å²) in [6, 6.07) is 3.24. The first-order chi connectivity index (χ1) is 9.79. The Morgan fingerprint density at radius 1 is 1.05 bits per heavy atom. The minimum atomic E-state index is -1.50. The Bertz CT molecular complexity index is 706. The second kappa shape index (κ2) is 5.23. The van der Waals surface area contributed by atoms with Crippen LogP contribution < -0.4 is 0 Å². The van der Waals surface area contributed by atoms with Gasteiger partial charge in [0.15, 0.2) is 0 Å². The normalized spacial score (nSPS) is 10.4. The molecule has 8 heteroatoms. The van der Waals surface area contributed by atoms with Crippen molar-refractivity contribution in [1.29, 1.82) is 0 Å². The molecular formula is C13H6F3NO4. The summed E-state index contributed by atoms with van der Waals surface area (Å²) in [5, 5.41) is 19.6. The van der Waals surface area contributed by atoms with E-state index in [2.05, 4.69) is 0 Å². The maximum Gasteiger partial charge on any atom is 0.335 e. The van der Waals surface area contributed by atoms with Crippen molar-refractivity contribution in [2.24, 2.45) is 0 Å². The SMILES string of the molecule is O=C(O)c1cc(-c2c(F)cc(F)cc2F)cc([N+](=O)[O-])c1. The maximum atomic E-state index is 13.7. The quantitative estimate of drug-likeness (QED) is 0.695. The van der Waals surface area contributed by atoms with Crippen molar-refractivity contribution in [2.75, 3.05) is 0 Å². The van der Waals surface area contributed by atoms with Gasteiger partial charge in [-0.15, -0.1) is 0 Å². The molecule has 0 radical (unpaired) electrons. The van der Waals surface area contributed by atoms with Crippen LogP contribution in [0.4, 0.5) is 18.9 Å². The van der Waals surface area contributed by atoms with E-state index < -0.39 is 45.2 Å². The van der Waals surface area contributed by atoms with Crippen molar-refractivity contribution in [2.45, 2.75) is 0 Å². The highest BCUT2D eigenvalue weighted by Crippen LogP contribution is 2.31. The summed E-state index contributed by atoms with van der Waals surface area (Å²) in [7, 11) is 0. The van der Waals surface area contributed by atoms with E-state index in [0.29, 0.717) is 12.1 Å². The smallest absolute Gasteiger partial charge is 0.335 e. The lowest BCUT2D eigenvalue weighted by Gasteiger charge is -2.07. The molecule has 0 aliphatic carbocycles. The molecule has 2 aromatic rings. The van der Waals surface area contributed by atoms with E-state index in [1.165, 1.54) is 0 Å². The first-order valence-electron chi connectivity index (χ1n) is 5.47. The van der Waals surface area contributed by atoms with Gasteiger partial charge in [0.25, 0.3) is 5.69 Å². The molecule has 0 spiro atoms. The monoisotopic (exact) mass is 297 g/mol. The number of benzene rings is 2. The van der Waals surface area contributed by atoms with Gasteiger partial charge < -0.3 is 5.11 Å². The van der Waals surface area contributed by atoms with Gasteiger partial charge in [0, 0.05) is 24.3 Å². The van der Waals surface area contributed by atoms with Crippen molar-refractivity contribution in [1.82, 2.24) is 0 Å². The Morgan fingerprint density at radius 2 is 1.62 bits per heavy atom. The predicted octanol–water partition coefficient (Wildman–Crippen LogP) is 3.38. The van der Waals surface area contributed by atoms with Gasteiger partial charge in [-0.3, -0.25) is 10.1 Å². The number of rotatable bonds is 3. The Hall–Kier alpha value is -2.90. The van der Waals surface area contributed by atoms with E-state index >= 15 is 0 Å². The molecule has 0 unspecified atom stereocenters. The van der Waals surface area contributed by atoms with Crippen LogP contribution in [0.3, 0.4) is 0 Å². The van der Waals surface area contributed by atoms with E-state index in [0.717, 1.165) is 18.2 Å². The Kier molecular flexibility index (Phi) is 3.62. The fourth-order valence-corrected chi connectivity index (χ4v) is 1.80. The molecule has 1 N–H and O–H groups in total. The lowest BCUT2D eigenvalue weighted by molar-refractivity contribution is -0.384. The van der Waals surface area contributed by atoms with Gasteiger partial charge in [-0.1, -0.05) is 0 Å². The van der Waals surface area contributed by atoms with Crippen LogP contribution in [0.5, 0.6) is 0 Å². The third-order valence-electron chi connectivity index (χ3n) is 2.67. The number of hydrogen-bond donors (Lipinski definition) is 1. The minimum absolute atomic E-state index is 0.364. The van der Waals surface area contributed by atoms with Crippen LogP contribution in [0.15, 0.2) is 30.3 Å². The summed E-state index contributed by atoms with van der Waals surface area (Å²) in [5.74, 6) is -5.23. The van der Waals surface area contributed by atoms with Crippen molar-refractivity contribution >= 4 is 11.7 Å². The molecule has 0 amide bonds. The second-order valence-electron chi connectivity index (χ2n) is 4.08. The standard InChI is InChI=1S/C13H6F3NO4/c14-8-4-10(15)12(11(16)5-8)6-1-7(13(18)19)3-9(2-6)17(20)21/h1-5H,(H,18,19). The Labute approximate surface area is 115 Å². The number of nitro groups is 1. The lowest BCUT2D eigenvalue weighted by Crippen LogP contribution is -2.01. The highest BCUT2D eigenvalue weighted by Gasteiger charge is 2.19. The first-order valence-corrected chi connectivity index (χ1v) is 5.47. The number of nitrogens with zero attached hydrogens (tertiary/aromatic N) is 1. The second-order valence-corrected chi connectivity index (χ2v) is 4.08. The van der Waals surface area contributed by atoms with Gasteiger partial charge in [0.1, 0.15) is 17.5 Å². The number of carboxylic acid groups (broad SMARTS) is 1. The van der Waals surface area contributed by atoms with Gasteiger partial charge in [0.2, 0.25) is 0 Å². The molecule has 5 nitrogen and oxygen atoms in total. The largest absolute Gasteiger partial charge is 0.478 e.